The fourth-order valence-corrected chi connectivity index (χ4v) is 5.09. The van der Waals surface area contributed by atoms with Crippen molar-refractivity contribution in [1.82, 2.24) is 0 Å². The van der Waals surface area contributed by atoms with E-state index in [1.807, 2.05) is 13.8 Å². The number of ether oxygens (including phenoxy) is 2. The Bertz CT molecular complexity index is 909. The van der Waals surface area contributed by atoms with E-state index in [0.29, 0.717) is 24.8 Å². The molecule has 2 aliphatic carbocycles. The molecule has 0 aliphatic heterocycles. The Morgan fingerprint density at radius 1 is 1.26 bits per heavy atom. The molecule has 1 N–H and O–H groups in total. The van der Waals surface area contributed by atoms with Gasteiger partial charge in [-0.1, -0.05) is 26.8 Å². The number of hydrogen-bond donors (Lipinski definition) is 1. The van der Waals surface area contributed by atoms with Crippen LogP contribution in [0.2, 0.25) is 0 Å². The first kappa shape index (κ1) is 23.1. The highest BCUT2D eigenvalue weighted by Gasteiger charge is 2.62. The van der Waals surface area contributed by atoms with E-state index in [2.05, 4.69) is 0 Å². The van der Waals surface area contributed by atoms with Crippen LogP contribution in [0.5, 0.6) is 0 Å². The number of aliphatic carboxylic acids is 1. The number of hydrogen-bond acceptors (Lipinski definition) is 6. The maximum absolute atomic E-state index is 12.6. The van der Waals surface area contributed by atoms with E-state index in [1.54, 1.807) is 40.0 Å². The van der Waals surface area contributed by atoms with Crippen molar-refractivity contribution < 1.29 is 33.4 Å². The summed E-state index contributed by atoms with van der Waals surface area (Å²) in [5.74, 6) is -2.71. The lowest BCUT2D eigenvalue weighted by Crippen LogP contribution is -2.57. The molecule has 1 aromatic rings. The van der Waals surface area contributed by atoms with Crippen LogP contribution in [-0.2, 0) is 30.3 Å². The van der Waals surface area contributed by atoms with Gasteiger partial charge in [0.2, 0.25) is 0 Å². The maximum atomic E-state index is 12.6. The minimum atomic E-state index is -1.06. The lowest BCUT2D eigenvalue weighted by Gasteiger charge is -2.54. The second kappa shape index (κ2) is 8.52. The van der Waals surface area contributed by atoms with Gasteiger partial charge in [-0.15, -0.1) is 0 Å². The highest BCUT2D eigenvalue weighted by atomic mass is 16.6. The SMILES string of the molecule is CC=C(C)C(=O)OC1CCC2Cc3occ(C)c3C(OC(=O)C(C)C)C2(C)C1C(=O)O. The minimum Gasteiger partial charge on any atom is -0.481 e. The van der Waals surface area contributed by atoms with E-state index in [4.69, 9.17) is 13.9 Å². The number of furan rings is 1. The molecule has 5 atom stereocenters. The van der Waals surface area contributed by atoms with E-state index >= 15 is 0 Å². The highest BCUT2D eigenvalue weighted by Crippen LogP contribution is 2.60. The molecule has 2 aliphatic rings. The summed E-state index contributed by atoms with van der Waals surface area (Å²) >= 11 is 0. The molecular formula is C24H32O7. The summed E-state index contributed by atoms with van der Waals surface area (Å²) < 4.78 is 17.4. The van der Waals surface area contributed by atoms with E-state index < -0.39 is 41.4 Å². The topological polar surface area (TPSA) is 103 Å². The Labute approximate surface area is 182 Å². The molecule has 1 heterocycles. The molecule has 0 radical (unpaired) electrons. The second-order valence-corrected chi connectivity index (χ2v) is 9.30. The molecule has 31 heavy (non-hydrogen) atoms. The summed E-state index contributed by atoms with van der Waals surface area (Å²) in [6.07, 6.45) is 3.30. The number of fused-ring (bicyclic) bond motifs is 2. The van der Waals surface area contributed by atoms with Crippen LogP contribution in [0.1, 0.15) is 70.5 Å². The standard InChI is InChI=1S/C24H32O7/c1-7-13(4)23(28)30-16-9-8-15-10-17-18(14(5)11-29-17)20(31-22(27)12(2)3)24(15,6)19(16)21(25)26/h7,11-12,15-16,19-20H,8-10H2,1-6H3,(H,25,26). The van der Waals surface area contributed by atoms with Gasteiger partial charge in [0, 0.05) is 23.0 Å². The lowest BCUT2D eigenvalue weighted by atomic mass is 9.53. The van der Waals surface area contributed by atoms with Crippen molar-refractivity contribution >= 4 is 17.9 Å². The molecule has 1 fully saturated rings. The molecule has 1 aromatic heterocycles. The summed E-state index contributed by atoms with van der Waals surface area (Å²) in [4.78, 5) is 37.7. The molecular weight excluding hydrogens is 400 g/mol. The van der Waals surface area contributed by atoms with Crippen molar-refractivity contribution in [2.24, 2.45) is 23.2 Å². The van der Waals surface area contributed by atoms with Gasteiger partial charge >= 0.3 is 17.9 Å². The van der Waals surface area contributed by atoms with E-state index in [9.17, 15) is 19.5 Å². The first-order valence-corrected chi connectivity index (χ1v) is 10.9. The quantitative estimate of drug-likeness (QED) is 0.544. The first-order chi connectivity index (χ1) is 14.5. The summed E-state index contributed by atoms with van der Waals surface area (Å²) in [6, 6.07) is 0. The fourth-order valence-electron chi connectivity index (χ4n) is 5.09. The molecule has 5 unspecified atom stereocenters. The average molecular weight is 433 g/mol. The third-order valence-electron chi connectivity index (χ3n) is 7.07. The molecule has 0 amide bonds. The molecule has 7 heteroatoms. The first-order valence-electron chi connectivity index (χ1n) is 10.9. The maximum Gasteiger partial charge on any atom is 0.333 e. The summed E-state index contributed by atoms with van der Waals surface area (Å²) in [5.41, 5.74) is 1.04. The zero-order chi connectivity index (χ0) is 23.1. The monoisotopic (exact) mass is 432 g/mol. The van der Waals surface area contributed by atoms with Crippen LogP contribution in [0.15, 0.2) is 22.3 Å². The molecule has 3 rings (SSSR count). The van der Waals surface area contributed by atoms with Gasteiger partial charge in [-0.05, 0) is 45.1 Å². The smallest absolute Gasteiger partial charge is 0.333 e. The molecule has 0 aromatic carbocycles. The number of aryl methyl sites for hydroxylation is 1. The van der Waals surface area contributed by atoms with Gasteiger partial charge in [-0.3, -0.25) is 9.59 Å². The number of carboxylic acids is 1. The number of allylic oxidation sites excluding steroid dienone is 1. The van der Waals surface area contributed by atoms with Crippen molar-refractivity contribution in [1.29, 1.82) is 0 Å². The van der Waals surface area contributed by atoms with Crippen LogP contribution in [-0.4, -0.2) is 29.1 Å². The predicted molar refractivity (Wildman–Crippen MR) is 112 cm³/mol. The molecule has 0 saturated heterocycles. The third-order valence-corrected chi connectivity index (χ3v) is 7.07. The minimum absolute atomic E-state index is 0.0885. The van der Waals surface area contributed by atoms with Gasteiger partial charge in [0.1, 0.15) is 23.9 Å². The molecule has 1 saturated carbocycles. The number of carboxylic acid groups (broad SMARTS) is 1. The predicted octanol–water partition coefficient (Wildman–Crippen LogP) is 4.38. The Kier molecular flexibility index (Phi) is 6.35. The Balaban J connectivity index is 2.09. The number of carbonyl (C=O) groups excluding carboxylic acids is 2. The van der Waals surface area contributed by atoms with Gasteiger partial charge in [-0.25, -0.2) is 4.79 Å². The summed E-state index contributed by atoms with van der Waals surface area (Å²) in [6.45, 7) is 10.6. The van der Waals surface area contributed by atoms with Crippen molar-refractivity contribution in [3.63, 3.8) is 0 Å². The van der Waals surface area contributed by atoms with Gasteiger partial charge < -0.3 is 19.0 Å². The second-order valence-electron chi connectivity index (χ2n) is 9.30. The van der Waals surface area contributed by atoms with Crippen LogP contribution < -0.4 is 0 Å². The van der Waals surface area contributed by atoms with Crippen LogP contribution in [0.3, 0.4) is 0 Å². The highest BCUT2D eigenvalue weighted by molar-refractivity contribution is 5.88. The van der Waals surface area contributed by atoms with Gasteiger partial charge in [0.05, 0.1) is 12.2 Å². The summed E-state index contributed by atoms with van der Waals surface area (Å²) in [7, 11) is 0. The van der Waals surface area contributed by atoms with E-state index in [-0.39, 0.29) is 11.8 Å². The number of rotatable bonds is 5. The Morgan fingerprint density at radius 3 is 2.52 bits per heavy atom. The Hall–Kier alpha value is -2.57. The van der Waals surface area contributed by atoms with Crippen molar-refractivity contribution in [3.8, 4) is 0 Å². The molecule has 0 bridgehead atoms. The van der Waals surface area contributed by atoms with Crippen molar-refractivity contribution in [2.75, 3.05) is 0 Å². The largest absolute Gasteiger partial charge is 0.481 e. The molecule has 170 valence electrons. The Morgan fingerprint density at radius 2 is 1.94 bits per heavy atom. The zero-order valence-electron chi connectivity index (χ0n) is 19.1. The average Bonchev–Trinajstić information content (AvgIpc) is 3.07. The van der Waals surface area contributed by atoms with Crippen molar-refractivity contribution in [3.05, 3.63) is 34.8 Å². The molecule has 7 nitrogen and oxygen atoms in total. The van der Waals surface area contributed by atoms with Gasteiger partial charge in [-0.2, -0.15) is 0 Å². The lowest BCUT2D eigenvalue weighted by molar-refractivity contribution is -0.199. The zero-order valence-corrected chi connectivity index (χ0v) is 19.1. The van der Waals surface area contributed by atoms with Gasteiger partial charge in [0.15, 0.2) is 0 Å². The van der Waals surface area contributed by atoms with Crippen LogP contribution in [0.25, 0.3) is 0 Å². The number of carbonyl (C=O) groups is 3. The summed E-state index contributed by atoms with van der Waals surface area (Å²) in [5, 5.41) is 10.3. The van der Waals surface area contributed by atoms with Gasteiger partial charge in [0.25, 0.3) is 0 Å². The van der Waals surface area contributed by atoms with Crippen molar-refractivity contribution in [2.45, 2.75) is 73.0 Å². The third kappa shape index (κ3) is 3.90. The van der Waals surface area contributed by atoms with E-state index in [1.165, 1.54) is 0 Å². The van der Waals surface area contributed by atoms with Crippen LogP contribution in [0.4, 0.5) is 0 Å². The fraction of sp³-hybridized carbons (Fsp3) is 0.625. The van der Waals surface area contributed by atoms with E-state index in [0.717, 1.165) is 16.9 Å². The van der Waals surface area contributed by atoms with Crippen LogP contribution >= 0.6 is 0 Å². The normalized spacial score (nSPS) is 30.4. The molecule has 0 spiro atoms. The number of esters is 2. The van der Waals surface area contributed by atoms with Crippen LogP contribution in [0, 0.1) is 30.1 Å².